The van der Waals surface area contributed by atoms with E-state index in [-0.39, 0.29) is 0 Å². The third-order valence-electron chi connectivity index (χ3n) is 1.92. The summed E-state index contributed by atoms with van der Waals surface area (Å²) in [6, 6.07) is 8.00. The fourth-order valence-corrected chi connectivity index (χ4v) is 1.33. The van der Waals surface area contributed by atoms with Crippen molar-refractivity contribution in [3.63, 3.8) is 0 Å². The molecule has 0 fully saturated rings. The first-order valence-electron chi connectivity index (χ1n) is 4.34. The van der Waals surface area contributed by atoms with Crippen LogP contribution in [-0.4, -0.2) is 10.2 Å². The Morgan fingerprint density at radius 2 is 2.36 bits per heavy atom. The maximum Gasteiger partial charge on any atom is 0.434 e. The van der Waals surface area contributed by atoms with Gasteiger partial charge in [0.2, 0.25) is 5.89 Å². The van der Waals surface area contributed by atoms with Crippen molar-refractivity contribution in [2.75, 3.05) is 0 Å². The molecule has 2 rings (SSSR count). The lowest BCUT2D eigenvalue weighted by Gasteiger charge is -1.97. The van der Waals surface area contributed by atoms with Crippen molar-refractivity contribution in [2.45, 2.75) is 13.3 Å². The van der Waals surface area contributed by atoms with E-state index in [4.69, 9.17) is 4.42 Å². The molecule has 0 saturated carbocycles. The van der Waals surface area contributed by atoms with Crippen LogP contribution >= 0.6 is 0 Å². The third kappa shape index (κ3) is 1.90. The van der Waals surface area contributed by atoms with Crippen LogP contribution in [0.4, 0.5) is 0 Å². The highest BCUT2D eigenvalue weighted by atomic mass is 16.4. The number of hydrogen-bond acceptors (Lipinski definition) is 3. The number of rotatable bonds is 2. The van der Waals surface area contributed by atoms with Crippen LogP contribution in [0.3, 0.4) is 0 Å². The molecule has 0 unspecified atom stereocenters. The second-order valence-corrected chi connectivity index (χ2v) is 3.17. The van der Waals surface area contributed by atoms with E-state index < -0.39 is 5.76 Å². The van der Waals surface area contributed by atoms with Crippen molar-refractivity contribution in [2.24, 2.45) is 0 Å². The van der Waals surface area contributed by atoms with Crippen molar-refractivity contribution in [3.8, 4) is 0 Å². The zero-order chi connectivity index (χ0) is 9.97. The molecular formula is C10H10N2O2. The quantitative estimate of drug-likeness (QED) is 0.775. The van der Waals surface area contributed by atoms with E-state index in [0.29, 0.717) is 12.3 Å². The highest BCUT2D eigenvalue weighted by molar-refractivity contribution is 5.24. The summed E-state index contributed by atoms with van der Waals surface area (Å²) in [5.74, 6) is -0.0896. The molecule has 14 heavy (non-hydrogen) atoms. The SMILES string of the molecule is Cc1cccc(Cc2n[nH]c(=O)o2)c1. The topological polar surface area (TPSA) is 58.9 Å². The van der Waals surface area contributed by atoms with Crippen LogP contribution in [0.25, 0.3) is 0 Å². The lowest BCUT2D eigenvalue weighted by Crippen LogP contribution is -1.94. The minimum absolute atomic E-state index is 0.417. The summed E-state index contributed by atoms with van der Waals surface area (Å²) in [5, 5.41) is 5.97. The molecule has 4 nitrogen and oxygen atoms in total. The second kappa shape index (κ2) is 3.49. The standard InChI is InChI=1S/C10H10N2O2/c1-7-3-2-4-8(5-7)6-9-11-12-10(13)14-9/h2-5H,6H2,1H3,(H,12,13). The Labute approximate surface area is 80.6 Å². The molecule has 1 heterocycles. The predicted molar refractivity (Wildman–Crippen MR) is 51.1 cm³/mol. The van der Waals surface area contributed by atoms with E-state index in [1.807, 2.05) is 31.2 Å². The van der Waals surface area contributed by atoms with E-state index in [2.05, 4.69) is 10.2 Å². The number of benzene rings is 1. The van der Waals surface area contributed by atoms with Gasteiger partial charge in [-0.05, 0) is 12.5 Å². The van der Waals surface area contributed by atoms with Crippen LogP contribution in [0, 0.1) is 6.92 Å². The Bertz CT molecular complexity index is 485. The average molecular weight is 190 g/mol. The molecule has 0 aliphatic heterocycles. The van der Waals surface area contributed by atoms with Gasteiger partial charge in [-0.2, -0.15) is 0 Å². The third-order valence-corrected chi connectivity index (χ3v) is 1.92. The van der Waals surface area contributed by atoms with Gasteiger partial charge in [0, 0.05) is 0 Å². The molecule has 0 saturated heterocycles. The predicted octanol–water partition coefficient (Wildman–Crippen LogP) is 1.26. The normalized spacial score (nSPS) is 10.4. The van der Waals surface area contributed by atoms with Crippen LogP contribution in [0.1, 0.15) is 17.0 Å². The Balaban J connectivity index is 2.22. The second-order valence-electron chi connectivity index (χ2n) is 3.17. The maximum atomic E-state index is 10.7. The van der Waals surface area contributed by atoms with E-state index in [0.717, 1.165) is 5.56 Å². The number of hydrogen-bond donors (Lipinski definition) is 1. The van der Waals surface area contributed by atoms with Crippen molar-refractivity contribution in [3.05, 3.63) is 51.8 Å². The lowest BCUT2D eigenvalue weighted by atomic mass is 10.1. The summed E-state index contributed by atoms with van der Waals surface area (Å²) in [5.41, 5.74) is 2.26. The van der Waals surface area contributed by atoms with Gasteiger partial charge in [-0.3, -0.25) is 0 Å². The summed E-state index contributed by atoms with van der Waals surface area (Å²) in [6.45, 7) is 2.02. The smallest absolute Gasteiger partial charge is 0.392 e. The molecule has 0 amide bonds. The summed E-state index contributed by atoms with van der Waals surface area (Å²) >= 11 is 0. The van der Waals surface area contributed by atoms with Crippen LogP contribution < -0.4 is 5.76 Å². The molecule has 0 aliphatic rings. The highest BCUT2D eigenvalue weighted by Gasteiger charge is 2.02. The van der Waals surface area contributed by atoms with Gasteiger partial charge in [-0.1, -0.05) is 29.8 Å². The van der Waals surface area contributed by atoms with Crippen molar-refractivity contribution in [1.82, 2.24) is 10.2 Å². The summed E-state index contributed by atoms with van der Waals surface area (Å²) in [7, 11) is 0. The molecule has 1 aromatic carbocycles. The van der Waals surface area contributed by atoms with Gasteiger partial charge in [0.1, 0.15) is 0 Å². The van der Waals surface area contributed by atoms with Crippen LogP contribution in [0.15, 0.2) is 33.5 Å². The zero-order valence-electron chi connectivity index (χ0n) is 7.78. The molecule has 4 heteroatoms. The molecule has 0 aliphatic carbocycles. The first kappa shape index (κ1) is 8.74. The minimum atomic E-state index is -0.507. The largest absolute Gasteiger partial charge is 0.434 e. The van der Waals surface area contributed by atoms with Gasteiger partial charge in [-0.15, -0.1) is 5.10 Å². The van der Waals surface area contributed by atoms with Gasteiger partial charge in [0.25, 0.3) is 0 Å². The maximum absolute atomic E-state index is 10.7. The summed E-state index contributed by atoms with van der Waals surface area (Å²) in [4.78, 5) is 10.7. The van der Waals surface area contributed by atoms with Crippen LogP contribution in [0.2, 0.25) is 0 Å². The summed E-state index contributed by atoms with van der Waals surface area (Å²) < 4.78 is 4.81. The molecule has 72 valence electrons. The van der Waals surface area contributed by atoms with E-state index in [9.17, 15) is 4.79 Å². The van der Waals surface area contributed by atoms with Crippen molar-refractivity contribution in [1.29, 1.82) is 0 Å². The van der Waals surface area contributed by atoms with Gasteiger partial charge in [0.05, 0.1) is 6.42 Å². The number of nitrogens with zero attached hydrogens (tertiary/aromatic N) is 1. The number of aryl methyl sites for hydroxylation is 1. The van der Waals surface area contributed by atoms with Gasteiger partial charge in [0.15, 0.2) is 0 Å². The van der Waals surface area contributed by atoms with Crippen LogP contribution in [0.5, 0.6) is 0 Å². The Morgan fingerprint density at radius 3 is 3.00 bits per heavy atom. The number of aromatic amines is 1. The fraction of sp³-hybridized carbons (Fsp3) is 0.200. The Hall–Kier alpha value is -1.84. The van der Waals surface area contributed by atoms with Crippen LogP contribution in [-0.2, 0) is 6.42 Å². The fourth-order valence-electron chi connectivity index (χ4n) is 1.33. The molecule has 1 aromatic heterocycles. The molecular weight excluding hydrogens is 180 g/mol. The van der Waals surface area contributed by atoms with E-state index >= 15 is 0 Å². The molecule has 0 atom stereocenters. The Morgan fingerprint density at radius 1 is 1.50 bits per heavy atom. The monoisotopic (exact) mass is 190 g/mol. The molecule has 2 aromatic rings. The number of H-pyrrole nitrogens is 1. The zero-order valence-corrected chi connectivity index (χ0v) is 7.78. The van der Waals surface area contributed by atoms with Crippen molar-refractivity contribution >= 4 is 0 Å². The van der Waals surface area contributed by atoms with Gasteiger partial charge >= 0.3 is 5.76 Å². The minimum Gasteiger partial charge on any atom is -0.392 e. The van der Waals surface area contributed by atoms with E-state index in [1.165, 1.54) is 5.56 Å². The first-order chi connectivity index (χ1) is 6.74. The number of aromatic nitrogens is 2. The van der Waals surface area contributed by atoms with Crippen molar-refractivity contribution < 1.29 is 4.42 Å². The van der Waals surface area contributed by atoms with E-state index in [1.54, 1.807) is 0 Å². The molecule has 0 bridgehead atoms. The Kier molecular flexibility index (Phi) is 2.18. The summed E-state index contributed by atoms with van der Waals surface area (Å²) in [6.07, 6.45) is 0.542. The highest BCUT2D eigenvalue weighted by Crippen LogP contribution is 2.07. The lowest BCUT2D eigenvalue weighted by molar-refractivity contribution is 0.471. The average Bonchev–Trinajstić information content (AvgIpc) is 2.51. The number of nitrogens with one attached hydrogen (secondary N) is 1. The molecule has 0 spiro atoms. The molecule has 1 N–H and O–H groups in total. The molecule has 0 radical (unpaired) electrons. The first-order valence-corrected chi connectivity index (χ1v) is 4.34. The van der Waals surface area contributed by atoms with Gasteiger partial charge in [-0.25, -0.2) is 9.89 Å². The van der Waals surface area contributed by atoms with Gasteiger partial charge < -0.3 is 4.42 Å².